The van der Waals surface area contributed by atoms with Crippen LogP contribution in [-0.4, -0.2) is 37.2 Å². The largest absolute Gasteiger partial charge is 0.462 e. The second kappa shape index (κ2) is 53.2. The SMILES string of the molecule is CC/C=C\C/C=C\C/C=C\C/C=C\CCCCCCCCCCC(=O)OCC(COC(=O)CCCCCCC/C=C\CCCCC)OC(=O)CCCCCCC/C=C\C/C=C\CCCC. The number of allylic oxidation sites excluding steroid dienone is 14. The molecule has 0 aliphatic heterocycles. The number of carbonyl (C=O) groups is 3. The van der Waals surface area contributed by atoms with Gasteiger partial charge in [0.25, 0.3) is 0 Å². The Morgan fingerprint density at radius 2 is 0.615 bits per heavy atom. The van der Waals surface area contributed by atoms with E-state index in [0.717, 1.165) is 122 Å². The van der Waals surface area contributed by atoms with Gasteiger partial charge < -0.3 is 14.2 Å². The smallest absolute Gasteiger partial charge is 0.306 e. The molecule has 0 heterocycles. The zero-order valence-corrected chi connectivity index (χ0v) is 42.5. The van der Waals surface area contributed by atoms with E-state index in [0.29, 0.717) is 19.3 Å². The highest BCUT2D eigenvalue weighted by Gasteiger charge is 2.19. The molecule has 0 aliphatic rings. The summed E-state index contributed by atoms with van der Waals surface area (Å²) in [5, 5.41) is 0. The molecule has 0 fully saturated rings. The lowest BCUT2D eigenvalue weighted by Gasteiger charge is -2.18. The van der Waals surface area contributed by atoms with Crippen molar-refractivity contribution < 1.29 is 28.6 Å². The van der Waals surface area contributed by atoms with Crippen molar-refractivity contribution in [1.82, 2.24) is 0 Å². The van der Waals surface area contributed by atoms with E-state index in [9.17, 15) is 14.4 Å². The topological polar surface area (TPSA) is 78.9 Å². The Balaban J connectivity index is 4.37. The van der Waals surface area contributed by atoms with Gasteiger partial charge in [-0.25, -0.2) is 0 Å². The lowest BCUT2D eigenvalue weighted by molar-refractivity contribution is -0.167. The van der Waals surface area contributed by atoms with Gasteiger partial charge in [-0.05, 0) is 109 Å². The maximum absolute atomic E-state index is 12.8. The molecule has 0 amide bonds. The molecule has 6 nitrogen and oxygen atoms in total. The van der Waals surface area contributed by atoms with E-state index in [4.69, 9.17) is 14.2 Å². The van der Waals surface area contributed by atoms with Crippen molar-refractivity contribution in [3.63, 3.8) is 0 Å². The van der Waals surface area contributed by atoms with E-state index < -0.39 is 6.10 Å². The zero-order chi connectivity index (χ0) is 47.2. The molecule has 0 saturated carbocycles. The van der Waals surface area contributed by atoms with Gasteiger partial charge in [0.05, 0.1) is 0 Å². The predicted octanol–water partition coefficient (Wildman–Crippen LogP) is 18.0. The molecule has 65 heavy (non-hydrogen) atoms. The first-order chi connectivity index (χ1) is 32.0. The van der Waals surface area contributed by atoms with Crippen molar-refractivity contribution >= 4 is 17.9 Å². The second-order valence-electron chi connectivity index (χ2n) is 17.7. The number of ether oxygens (including phenoxy) is 3. The Hall–Kier alpha value is -3.41. The predicted molar refractivity (Wildman–Crippen MR) is 279 cm³/mol. The highest BCUT2D eigenvalue weighted by atomic mass is 16.6. The number of hydrogen-bond donors (Lipinski definition) is 0. The molecular formula is C59H100O6. The third kappa shape index (κ3) is 51.4. The van der Waals surface area contributed by atoms with Crippen LogP contribution in [0.2, 0.25) is 0 Å². The van der Waals surface area contributed by atoms with Crippen LogP contribution in [0.15, 0.2) is 85.1 Å². The Morgan fingerprint density at radius 3 is 1.00 bits per heavy atom. The highest BCUT2D eigenvalue weighted by Crippen LogP contribution is 2.14. The summed E-state index contributed by atoms with van der Waals surface area (Å²) in [6, 6.07) is 0. The summed E-state index contributed by atoms with van der Waals surface area (Å²) in [6.45, 7) is 6.44. The van der Waals surface area contributed by atoms with Gasteiger partial charge in [0.2, 0.25) is 0 Å². The molecule has 1 atom stereocenters. The van der Waals surface area contributed by atoms with Crippen molar-refractivity contribution in [2.75, 3.05) is 13.2 Å². The van der Waals surface area contributed by atoms with Crippen molar-refractivity contribution in [3.8, 4) is 0 Å². The van der Waals surface area contributed by atoms with Crippen LogP contribution in [0, 0.1) is 0 Å². The fourth-order valence-corrected chi connectivity index (χ4v) is 7.27. The van der Waals surface area contributed by atoms with Gasteiger partial charge >= 0.3 is 17.9 Å². The molecule has 372 valence electrons. The summed E-state index contributed by atoms with van der Waals surface area (Å²) in [6.07, 6.45) is 68.5. The maximum Gasteiger partial charge on any atom is 0.306 e. The van der Waals surface area contributed by atoms with Crippen LogP contribution >= 0.6 is 0 Å². The lowest BCUT2D eigenvalue weighted by Crippen LogP contribution is -2.30. The van der Waals surface area contributed by atoms with Gasteiger partial charge in [-0.1, -0.05) is 209 Å². The Bertz CT molecular complexity index is 1270. The monoisotopic (exact) mass is 905 g/mol. The number of esters is 3. The van der Waals surface area contributed by atoms with Crippen molar-refractivity contribution in [2.45, 2.75) is 258 Å². The van der Waals surface area contributed by atoms with Gasteiger partial charge in [0.15, 0.2) is 6.10 Å². The molecule has 0 aliphatic carbocycles. The standard InChI is InChI=1S/C59H100O6/c1-4-7-10-13-16-19-22-25-27-28-29-30-31-32-33-35-37-40-43-46-49-52-58(61)64-55-56(54-63-57(60)51-48-45-42-39-36-24-21-18-15-12-9-6-3)65-59(62)53-50-47-44-41-38-34-26-23-20-17-14-11-8-5-2/h7,10,14,16-19,21,23,25-27,29-30,56H,4-6,8-9,11-13,15,20,22,24,28,31-55H2,1-3H3/b10-7-,17-14-,19-16-,21-18-,26-23-,27-25-,30-29-. The molecule has 0 spiro atoms. The normalized spacial score (nSPS) is 12.7. The Morgan fingerprint density at radius 1 is 0.323 bits per heavy atom. The van der Waals surface area contributed by atoms with Crippen LogP contribution in [0.1, 0.15) is 252 Å². The van der Waals surface area contributed by atoms with Crippen LogP contribution < -0.4 is 0 Å². The molecule has 0 rings (SSSR count). The fraction of sp³-hybridized carbons (Fsp3) is 0.712. The molecule has 0 saturated heterocycles. The van der Waals surface area contributed by atoms with E-state index in [2.05, 4.69) is 106 Å². The van der Waals surface area contributed by atoms with Gasteiger partial charge in [0.1, 0.15) is 13.2 Å². The van der Waals surface area contributed by atoms with E-state index in [-0.39, 0.29) is 31.1 Å². The first-order valence-electron chi connectivity index (χ1n) is 27.1. The summed E-state index contributed by atoms with van der Waals surface area (Å²) in [5.74, 6) is -0.919. The molecule has 0 aromatic rings. The Labute approximate surface area is 401 Å². The van der Waals surface area contributed by atoms with Crippen LogP contribution in [-0.2, 0) is 28.6 Å². The third-order valence-electron chi connectivity index (χ3n) is 11.4. The van der Waals surface area contributed by atoms with Gasteiger partial charge in [-0.15, -0.1) is 0 Å². The molecule has 0 aromatic heterocycles. The van der Waals surface area contributed by atoms with Gasteiger partial charge in [-0.2, -0.15) is 0 Å². The molecule has 0 N–H and O–H groups in total. The first-order valence-corrected chi connectivity index (χ1v) is 27.1. The summed E-state index contributed by atoms with van der Waals surface area (Å²) < 4.78 is 16.8. The molecule has 0 radical (unpaired) electrons. The number of unbranched alkanes of at least 4 members (excludes halogenated alkanes) is 23. The number of rotatable bonds is 48. The minimum absolute atomic E-state index is 0.0893. The fourth-order valence-electron chi connectivity index (χ4n) is 7.27. The van der Waals surface area contributed by atoms with E-state index in [1.165, 1.54) is 89.9 Å². The summed E-state index contributed by atoms with van der Waals surface area (Å²) in [7, 11) is 0. The van der Waals surface area contributed by atoms with Crippen LogP contribution in [0.3, 0.4) is 0 Å². The minimum Gasteiger partial charge on any atom is -0.462 e. The summed E-state index contributed by atoms with van der Waals surface area (Å²) in [5.41, 5.74) is 0. The molecule has 6 heteroatoms. The van der Waals surface area contributed by atoms with Crippen molar-refractivity contribution in [1.29, 1.82) is 0 Å². The third-order valence-corrected chi connectivity index (χ3v) is 11.4. The van der Waals surface area contributed by atoms with Gasteiger partial charge in [-0.3, -0.25) is 14.4 Å². The average molecular weight is 905 g/mol. The molecular weight excluding hydrogens is 805 g/mol. The maximum atomic E-state index is 12.8. The van der Waals surface area contributed by atoms with E-state index in [1.54, 1.807) is 0 Å². The highest BCUT2D eigenvalue weighted by molar-refractivity contribution is 5.71. The lowest BCUT2D eigenvalue weighted by atomic mass is 10.1. The summed E-state index contributed by atoms with van der Waals surface area (Å²) >= 11 is 0. The van der Waals surface area contributed by atoms with E-state index in [1.807, 2.05) is 0 Å². The van der Waals surface area contributed by atoms with Crippen molar-refractivity contribution in [2.24, 2.45) is 0 Å². The summed E-state index contributed by atoms with van der Waals surface area (Å²) in [4.78, 5) is 38.0. The Kier molecular flexibility index (Phi) is 50.4. The molecule has 0 aromatic carbocycles. The molecule has 0 bridgehead atoms. The number of hydrogen-bond acceptors (Lipinski definition) is 6. The van der Waals surface area contributed by atoms with Crippen LogP contribution in [0.25, 0.3) is 0 Å². The zero-order valence-electron chi connectivity index (χ0n) is 42.5. The van der Waals surface area contributed by atoms with Crippen LogP contribution in [0.4, 0.5) is 0 Å². The number of carbonyl (C=O) groups excluding carboxylic acids is 3. The average Bonchev–Trinajstić information content (AvgIpc) is 3.30. The molecule has 1 unspecified atom stereocenters. The second-order valence-corrected chi connectivity index (χ2v) is 17.7. The van der Waals surface area contributed by atoms with Gasteiger partial charge in [0, 0.05) is 19.3 Å². The van der Waals surface area contributed by atoms with E-state index >= 15 is 0 Å². The minimum atomic E-state index is -0.790. The quantitative estimate of drug-likeness (QED) is 0.0262. The van der Waals surface area contributed by atoms with Crippen LogP contribution in [0.5, 0.6) is 0 Å². The first kappa shape index (κ1) is 61.6. The van der Waals surface area contributed by atoms with Crippen molar-refractivity contribution in [3.05, 3.63) is 85.1 Å².